The van der Waals surface area contributed by atoms with Crippen LogP contribution in [0.3, 0.4) is 0 Å². The summed E-state index contributed by atoms with van der Waals surface area (Å²) in [5.74, 6) is -1.83. The van der Waals surface area contributed by atoms with E-state index in [1.165, 1.54) is 12.1 Å². The van der Waals surface area contributed by atoms with Crippen LogP contribution in [0, 0.1) is 5.82 Å². The van der Waals surface area contributed by atoms with Crippen LogP contribution < -0.4 is 5.32 Å². The van der Waals surface area contributed by atoms with Crippen LogP contribution in [0.15, 0.2) is 46.9 Å². The molecule has 0 radical (unpaired) electrons. The van der Waals surface area contributed by atoms with E-state index in [-0.39, 0.29) is 10.7 Å². The van der Waals surface area contributed by atoms with Crippen molar-refractivity contribution in [2.75, 3.05) is 11.9 Å². The molecule has 0 saturated heterocycles. The second-order valence-corrected chi connectivity index (χ2v) is 6.31. The Hall–Kier alpha value is -2.38. The van der Waals surface area contributed by atoms with Gasteiger partial charge >= 0.3 is 5.97 Å². The maximum absolute atomic E-state index is 13.1. The Morgan fingerprint density at radius 1 is 1.24 bits per heavy atom. The molecule has 8 heteroatoms. The summed E-state index contributed by atoms with van der Waals surface area (Å²) < 4.78 is 18.7. The number of H-pyrrole nitrogens is 1. The number of aromatic nitrogens is 1. The maximum atomic E-state index is 13.1. The number of benzene rings is 2. The number of carbonyl (C=O) groups is 2. The largest absolute Gasteiger partial charge is 0.451 e. The number of hydrogen-bond donors (Lipinski definition) is 2. The van der Waals surface area contributed by atoms with Crippen molar-refractivity contribution in [1.82, 2.24) is 4.98 Å². The Morgan fingerprint density at radius 2 is 2.00 bits per heavy atom. The van der Waals surface area contributed by atoms with E-state index in [0.29, 0.717) is 10.2 Å². The van der Waals surface area contributed by atoms with Gasteiger partial charge in [0.1, 0.15) is 11.5 Å². The third-order valence-corrected chi connectivity index (χ3v) is 4.50. The first-order chi connectivity index (χ1) is 12.0. The topological polar surface area (TPSA) is 71.2 Å². The third-order valence-electron chi connectivity index (χ3n) is 3.38. The summed E-state index contributed by atoms with van der Waals surface area (Å²) in [4.78, 5) is 26.9. The van der Waals surface area contributed by atoms with Gasteiger partial charge in [0.2, 0.25) is 0 Å². The predicted octanol–water partition coefficient (Wildman–Crippen LogP) is 4.52. The molecule has 2 N–H and O–H groups in total. The van der Waals surface area contributed by atoms with Crippen molar-refractivity contribution in [3.63, 3.8) is 0 Å². The van der Waals surface area contributed by atoms with Crippen molar-refractivity contribution in [2.24, 2.45) is 0 Å². The highest BCUT2D eigenvalue weighted by Crippen LogP contribution is 2.28. The number of fused-ring (bicyclic) bond motifs is 1. The lowest BCUT2D eigenvalue weighted by molar-refractivity contribution is -0.119. The lowest BCUT2D eigenvalue weighted by atomic mass is 10.2. The van der Waals surface area contributed by atoms with Gasteiger partial charge in [-0.3, -0.25) is 4.79 Å². The molecule has 3 rings (SSSR count). The predicted molar refractivity (Wildman–Crippen MR) is 96.3 cm³/mol. The number of halogens is 3. The first-order valence-corrected chi connectivity index (χ1v) is 8.31. The molecule has 0 spiro atoms. The molecule has 0 aliphatic rings. The molecule has 0 saturated carbocycles. The second kappa shape index (κ2) is 7.25. The summed E-state index contributed by atoms with van der Waals surface area (Å²) in [5, 5.41) is 3.19. The fourth-order valence-electron chi connectivity index (χ4n) is 2.22. The van der Waals surface area contributed by atoms with Crippen LogP contribution in [0.2, 0.25) is 5.02 Å². The van der Waals surface area contributed by atoms with Gasteiger partial charge in [-0.15, -0.1) is 0 Å². The minimum atomic E-state index is -0.671. The normalized spacial score (nSPS) is 10.7. The average molecular weight is 426 g/mol. The van der Waals surface area contributed by atoms with Crippen molar-refractivity contribution in [1.29, 1.82) is 0 Å². The summed E-state index contributed by atoms with van der Waals surface area (Å²) >= 11 is 8.99. The number of para-hydroxylation sites is 1. The van der Waals surface area contributed by atoms with E-state index in [1.807, 2.05) is 24.3 Å². The van der Waals surface area contributed by atoms with Crippen molar-refractivity contribution in [3.05, 3.63) is 63.5 Å². The number of rotatable bonds is 4. The fraction of sp³-hybridized carbons (Fsp3) is 0.0588. The van der Waals surface area contributed by atoms with Crippen LogP contribution in [0.25, 0.3) is 10.9 Å². The van der Waals surface area contributed by atoms with E-state index in [2.05, 4.69) is 26.2 Å². The summed E-state index contributed by atoms with van der Waals surface area (Å²) in [6.07, 6.45) is 0. The quantitative estimate of drug-likeness (QED) is 0.604. The second-order valence-electron chi connectivity index (χ2n) is 5.11. The monoisotopic (exact) mass is 424 g/mol. The molecular weight excluding hydrogens is 415 g/mol. The summed E-state index contributed by atoms with van der Waals surface area (Å²) in [6, 6.07) is 11.1. The van der Waals surface area contributed by atoms with Gasteiger partial charge in [-0.25, -0.2) is 9.18 Å². The number of ether oxygens (including phenoxy) is 1. The minimum absolute atomic E-state index is 0.114. The summed E-state index contributed by atoms with van der Waals surface area (Å²) in [5.41, 5.74) is 1.30. The van der Waals surface area contributed by atoms with Crippen LogP contribution in [0.5, 0.6) is 0 Å². The zero-order valence-electron chi connectivity index (χ0n) is 12.6. The molecule has 0 fully saturated rings. The Bertz CT molecular complexity index is 974. The number of nitrogens with one attached hydrogen (secondary N) is 2. The molecule has 0 unspecified atom stereocenters. The number of carbonyl (C=O) groups excluding carboxylic acids is 2. The fourth-order valence-corrected chi connectivity index (χ4v) is 3.01. The summed E-state index contributed by atoms with van der Waals surface area (Å²) in [6.45, 7) is -0.490. The Balaban J connectivity index is 1.64. The van der Waals surface area contributed by atoms with Gasteiger partial charge in [-0.1, -0.05) is 29.8 Å². The smallest absolute Gasteiger partial charge is 0.356 e. The maximum Gasteiger partial charge on any atom is 0.356 e. The lowest BCUT2D eigenvalue weighted by Gasteiger charge is -2.07. The Kier molecular flexibility index (Phi) is 5.06. The van der Waals surface area contributed by atoms with Crippen molar-refractivity contribution in [3.8, 4) is 0 Å². The molecule has 0 bridgehead atoms. The number of anilines is 1. The SMILES string of the molecule is O=C(COC(=O)c1[nH]c2ccccc2c1Br)Nc1ccc(F)c(Cl)c1. The van der Waals surface area contributed by atoms with E-state index in [4.69, 9.17) is 16.3 Å². The molecular formula is C17H11BrClFN2O3. The van der Waals surface area contributed by atoms with Crippen molar-refractivity contribution < 1.29 is 18.7 Å². The van der Waals surface area contributed by atoms with Crippen LogP contribution >= 0.6 is 27.5 Å². The number of hydrogen-bond acceptors (Lipinski definition) is 3. The minimum Gasteiger partial charge on any atom is -0.451 e. The highest BCUT2D eigenvalue weighted by Gasteiger charge is 2.18. The van der Waals surface area contributed by atoms with Gasteiger partial charge in [0.15, 0.2) is 6.61 Å². The van der Waals surface area contributed by atoms with Crippen LogP contribution in [0.1, 0.15) is 10.5 Å². The average Bonchev–Trinajstić information content (AvgIpc) is 2.93. The first-order valence-electron chi connectivity index (χ1n) is 7.14. The molecule has 25 heavy (non-hydrogen) atoms. The molecule has 1 heterocycles. The molecule has 3 aromatic rings. The number of aromatic amines is 1. The summed E-state index contributed by atoms with van der Waals surface area (Å²) in [7, 11) is 0. The van der Waals surface area contributed by atoms with Gasteiger partial charge in [0.25, 0.3) is 5.91 Å². The Labute approximate surface area is 155 Å². The molecule has 0 aliphatic heterocycles. The van der Waals surface area contributed by atoms with E-state index in [1.54, 1.807) is 0 Å². The van der Waals surface area contributed by atoms with Gasteiger partial charge in [0, 0.05) is 16.6 Å². The van der Waals surface area contributed by atoms with Gasteiger partial charge in [0.05, 0.1) is 9.50 Å². The van der Waals surface area contributed by atoms with Crippen molar-refractivity contribution >= 4 is 56.0 Å². The lowest BCUT2D eigenvalue weighted by Crippen LogP contribution is -2.21. The zero-order chi connectivity index (χ0) is 18.0. The van der Waals surface area contributed by atoms with E-state index >= 15 is 0 Å². The highest BCUT2D eigenvalue weighted by atomic mass is 79.9. The van der Waals surface area contributed by atoms with Crippen LogP contribution in [-0.2, 0) is 9.53 Å². The molecule has 1 amide bonds. The molecule has 1 aromatic heterocycles. The van der Waals surface area contributed by atoms with Gasteiger partial charge in [-0.05, 0) is 40.2 Å². The standard InChI is InChI=1S/C17H11BrClFN2O3/c18-15-10-3-1-2-4-13(10)22-16(15)17(24)25-8-14(23)21-9-5-6-12(20)11(19)7-9/h1-7,22H,8H2,(H,21,23). The first kappa shape index (κ1) is 17.4. The van der Waals surface area contributed by atoms with E-state index in [9.17, 15) is 14.0 Å². The number of esters is 1. The molecule has 128 valence electrons. The Morgan fingerprint density at radius 3 is 2.72 bits per heavy atom. The van der Waals surface area contributed by atoms with E-state index < -0.39 is 24.3 Å². The zero-order valence-corrected chi connectivity index (χ0v) is 14.9. The molecule has 5 nitrogen and oxygen atoms in total. The van der Waals surface area contributed by atoms with E-state index in [0.717, 1.165) is 17.0 Å². The molecule has 2 aromatic carbocycles. The van der Waals surface area contributed by atoms with Crippen LogP contribution in [-0.4, -0.2) is 23.5 Å². The highest BCUT2D eigenvalue weighted by molar-refractivity contribution is 9.10. The molecule has 0 atom stereocenters. The number of amides is 1. The molecule has 0 aliphatic carbocycles. The van der Waals surface area contributed by atoms with Crippen LogP contribution in [0.4, 0.5) is 10.1 Å². The van der Waals surface area contributed by atoms with Crippen molar-refractivity contribution in [2.45, 2.75) is 0 Å². The van der Waals surface area contributed by atoms with Gasteiger partial charge in [-0.2, -0.15) is 0 Å². The van der Waals surface area contributed by atoms with Gasteiger partial charge < -0.3 is 15.0 Å². The third kappa shape index (κ3) is 3.83.